The van der Waals surface area contributed by atoms with Crippen molar-refractivity contribution in [1.82, 2.24) is 20.1 Å². The molecule has 0 saturated heterocycles. The molecule has 4 rings (SSSR count). The summed E-state index contributed by atoms with van der Waals surface area (Å²) >= 11 is 0. The van der Waals surface area contributed by atoms with Crippen LogP contribution in [0.2, 0.25) is 0 Å². The molecule has 142 valence electrons. The molecule has 9 heteroatoms. The molecule has 0 radical (unpaired) electrons. The van der Waals surface area contributed by atoms with Crippen molar-refractivity contribution in [2.45, 2.75) is 19.5 Å². The first-order chi connectivity index (χ1) is 13.5. The fourth-order valence-electron chi connectivity index (χ4n) is 2.96. The van der Waals surface area contributed by atoms with Gasteiger partial charge in [-0.2, -0.15) is 5.10 Å². The zero-order chi connectivity index (χ0) is 19.7. The molecule has 28 heavy (non-hydrogen) atoms. The van der Waals surface area contributed by atoms with E-state index in [4.69, 9.17) is 15.2 Å². The number of aromatic nitrogens is 3. The maximum absolute atomic E-state index is 14.2. The molecule has 1 amide bonds. The van der Waals surface area contributed by atoms with Crippen LogP contribution in [-0.4, -0.2) is 26.2 Å². The van der Waals surface area contributed by atoms with E-state index in [0.717, 1.165) is 5.56 Å². The Balaban J connectivity index is 1.58. The largest absolute Gasteiger partial charge is 0.437 e. The summed E-state index contributed by atoms with van der Waals surface area (Å²) in [6.45, 7) is 1.85. The molecule has 0 spiro atoms. The topological polar surface area (TPSA) is 103 Å². The number of amides is 1. The lowest BCUT2D eigenvalue weighted by Gasteiger charge is -2.34. The first kappa shape index (κ1) is 17.7. The highest BCUT2D eigenvalue weighted by Crippen LogP contribution is 2.38. The number of hydrogen-bond donors (Lipinski definition) is 1. The minimum absolute atomic E-state index is 0.00977. The van der Waals surface area contributed by atoms with Crippen LogP contribution < -0.4 is 15.2 Å². The number of hydrogen-bond acceptors (Lipinski definition) is 7. The van der Waals surface area contributed by atoms with Gasteiger partial charge in [-0.1, -0.05) is 0 Å². The zero-order valence-electron chi connectivity index (χ0n) is 14.9. The molecule has 3 heterocycles. The van der Waals surface area contributed by atoms with Crippen LogP contribution in [0.15, 0.2) is 48.8 Å². The summed E-state index contributed by atoms with van der Waals surface area (Å²) < 4.78 is 25.2. The van der Waals surface area contributed by atoms with Crippen molar-refractivity contribution < 1.29 is 18.7 Å². The molecule has 1 aliphatic heterocycles. The number of carbonyl (C=O) groups excluding carboxylic acids is 1. The molecule has 2 aromatic heterocycles. The van der Waals surface area contributed by atoms with Crippen LogP contribution in [0, 0.1) is 5.82 Å². The lowest BCUT2D eigenvalue weighted by molar-refractivity contribution is 0.116. The molecular formula is C19H16FN5O3. The maximum Gasteiger partial charge on any atom is 0.416 e. The molecule has 8 nitrogen and oxygen atoms in total. The van der Waals surface area contributed by atoms with Crippen LogP contribution in [0.4, 0.5) is 15.0 Å². The second-order valence-electron chi connectivity index (χ2n) is 6.20. The number of rotatable bonds is 4. The number of pyridine rings is 1. The van der Waals surface area contributed by atoms with E-state index in [1.54, 1.807) is 30.3 Å². The first-order valence-corrected chi connectivity index (χ1v) is 8.49. The highest BCUT2D eigenvalue weighted by atomic mass is 19.1. The second-order valence-corrected chi connectivity index (χ2v) is 6.20. The SMILES string of the molecule is CC1c2ccc(Oc3cccnn3)cc2OC(=O)N1Cc1ccnc(N)c1F. The molecule has 0 saturated carbocycles. The van der Waals surface area contributed by atoms with Crippen LogP contribution in [0.3, 0.4) is 0 Å². The summed E-state index contributed by atoms with van der Waals surface area (Å²) in [4.78, 5) is 17.6. The number of halogens is 1. The third-order valence-corrected chi connectivity index (χ3v) is 4.44. The van der Waals surface area contributed by atoms with Gasteiger partial charge in [-0.05, 0) is 31.2 Å². The van der Waals surface area contributed by atoms with Gasteiger partial charge in [0, 0.05) is 35.7 Å². The smallest absolute Gasteiger partial charge is 0.416 e. The third-order valence-electron chi connectivity index (χ3n) is 4.44. The van der Waals surface area contributed by atoms with Gasteiger partial charge in [-0.3, -0.25) is 4.90 Å². The Morgan fingerprint density at radius 3 is 2.93 bits per heavy atom. The summed E-state index contributed by atoms with van der Waals surface area (Å²) in [5.74, 6) is 0.318. The summed E-state index contributed by atoms with van der Waals surface area (Å²) in [6.07, 6.45) is 2.35. The molecule has 0 bridgehead atoms. The number of ether oxygens (including phenoxy) is 2. The predicted molar refractivity (Wildman–Crippen MR) is 97.1 cm³/mol. The summed E-state index contributed by atoms with van der Waals surface area (Å²) in [5, 5.41) is 7.60. The van der Waals surface area contributed by atoms with Gasteiger partial charge in [-0.25, -0.2) is 14.2 Å². The fraction of sp³-hybridized carbons (Fsp3) is 0.158. The van der Waals surface area contributed by atoms with E-state index in [1.807, 2.05) is 6.92 Å². The van der Waals surface area contributed by atoms with Gasteiger partial charge in [0.15, 0.2) is 11.6 Å². The van der Waals surface area contributed by atoms with Crippen LogP contribution in [-0.2, 0) is 6.54 Å². The Labute approximate surface area is 159 Å². The van der Waals surface area contributed by atoms with E-state index in [9.17, 15) is 9.18 Å². The quantitative estimate of drug-likeness (QED) is 0.738. The standard InChI is InChI=1S/C19H16FN5O3/c1-11-14-5-4-13(27-16-3-2-7-23-24-16)9-15(14)28-19(26)25(11)10-12-6-8-22-18(21)17(12)20/h2-9,11H,10H2,1H3,(H2,21,22). The van der Waals surface area contributed by atoms with Gasteiger partial charge in [0.1, 0.15) is 11.5 Å². The Morgan fingerprint density at radius 1 is 1.29 bits per heavy atom. The van der Waals surface area contributed by atoms with Crippen molar-refractivity contribution in [3.63, 3.8) is 0 Å². The van der Waals surface area contributed by atoms with Crippen molar-refractivity contribution in [2.24, 2.45) is 0 Å². The van der Waals surface area contributed by atoms with Gasteiger partial charge in [0.2, 0.25) is 5.88 Å². The number of nitrogen functional groups attached to an aromatic ring is 1. The second kappa shape index (κ2) is 7.10. The van der Waals surface area contributed by atoms with Crippen molar-refractivity contribution in [3.05, 3.63) is 65.7 Å². The average Bonchev–Trinajstić information content (AvgIpc) is 2.69. The molecule has 0 fully saturated rings. The molecular weight excluding hydrogens is 365 g/mol. The van der Waals surface area contributed by atoms with E-state index in [2.05, 4.69) is 15.2 Å². The summed E-state index contributed by atoms with van der Waals surface area (Å²) in [6, 6.07) is 9.66. The van der Waals surface area contributed by atoms with Crippen molar-refractivity contribution in [1.29, 1.82) is 0 Å². The molecule has 3 aromatic rings. The predicted octanol–water partition coefficient (Wildman–Crippen LogP) is 3.46. The summed E-state index contributed by atoms with van der Waals surface area (Å²) in [7, 11) is 0. The zero-order valence-corrected chi connectivity index (χ0v) is 14.9. The van der Waals surface area contributed by atoms with Gasteiger partial charge in [0.25, 0.3) is 0 Å². The molecule has 0 aliphatic carbocycles. The van der Waals surface area contributed by atoms with Crippen LogP contribution in [0.25, 0.3) is 0 Å². The van der Waals surface area contributed by atoms with Crippen molar-refractivity contribution >= 4 is 11.9 Å². The Bertz CT molecular complexity index is 1030. The van der Waals surface area contributed by atoms with Gasteiger partial charge < -0.3 is 15.2 Å². The van der Waals surface area contributed by atoms with E-state index >= 15 is 0 Å². The van der Waals surface area contributed by atoms with Gasteiger partial charge in [0.05, 0.1) is 12.6 Å². The summed E-state index contributed by atoms with van der Waals surface area (Å²) in [5.41, 5.74) is 6.55. The fourth-order valence-corrected chi connectivity index (χ4v) is 2.96. The Morgan fingerprint density at radius 2 is 2.14 bits per heavy atom. The number of nitrogens with zero attached hydrogens (tertiary/aromatic N) is 4. The highest BCUT2D eigenvalue weighted by molar-refractivity contribution is 5.74. The van der Waals surface area contributed by atoms with E-state index in [1.165, 1.54) is 23.4 Å². The van der Waals surface area contributed by atoms with Crippen molar-refractivity contribution in [2.75, 3.05) is 5.73 Å². The van der Waals surface area contributed by atoms with Gasteiger partial charge >= 0.3 is 6.09 Å². The van der Waals surface area contributed by atoms with Gasteiger partial charge in [-0.15, -0.1) is 5.10 Å². The molecule has 1 aromatic carbocycles. The first-order valence-electron chi connectivity index (χ1n) is 8.49. The monoisotopic (exact) mass is 381 g/mol. The number of nitrogens with two attached hydrogens (primary N) is 1. The number of benzene rings is 1. The van der Waals surface area contributed by atoms with Crippen LogP contribution in [0.1, 0.15) is 24.1 Å². The van der Waals surface area contributed by atoms with Crippen LogP contribution >= 0.6 is 0 Å². The number of anilines is 1. The average molecular weight is 381 g/mol. The third kappa shape index (κ3) is 3.29. The minimum atomic E-state index is -0.638. The minimum Gasteiger partial charge on any atom is -0.437 e. The normalized spacial score (nSPS) is 15.7. The molecule has 1 aliphatic rings. The lowest BCUT2D eigenvalue weighted by Crippen LogP contribution is -2.39. The Hall–Kier alpha value is -3.75. The molecule has 2 N–H and O–H groups in total. The van der Waals surface area contributed by atoms with E-state index < -0.39 is 11.9 Å². The maximum atomic E-state index is 14.2. The molecule has 1 unspecified atom stereocenters. The van der Waals surface area contributed by atoms with Crippen LogP contribution in [0.5, 0.6) is 17.4 Å². The van der Waals surface area contributed by atoms with E-state index in [0.29, 0.717) is 17.4 Å². The number of carbonyl (C=O) groups is 1. The molecule has 1 atom stereocenters. The Kier molecular flexibility index (Phi) is 4.48. The van der Waals surface area contributed by atoms with Crippen molar-refractivity contribution in [3.8, 4) is 17.4 Å². The highest BCUT2D eigenvalue weighted by Gasteiger charge is 2.32. The number of fused-ring (bicyclic) bond motifs is 1. The van der Waals surface area contributed by atoms with E-state index in [-0.39, 0.29) is 24.0 Å². The lowest BCUT2D eigenvalue weighted by atomic mass is 10.0.